The molecule has 0 atom stereocenters. The highest BCUT2D eigenvalue weighted by Crippen LogP contribution is 2.22. The number of tetrazole rings is 1. The summed E-state index contributed by atoms with van der Waals surface area (Å²) in [6.45, 7) is 5.93. The van der Waals surface area contributed by atoms with Gasteiger partial charge < -0.3 is 15.1 Å². The first kappa shape index (κ1) is 20.6. The summed E-state index contributed by atoms with van der Waals surface area (Å²) < 4.78 is 15.2. The third-order valence-electron chi connectivity index (χ3n) is 5.31. The summed E-state index contributed by atoms with van der Waals surface area (Å²) in [5.41, 5.74) is 1.12. The topological polar surface area (TPSA) is 96.2 Å². The largest absolute Gasteiger partial charge is 0.336 e. The van der Waals surface area contributed by atoms with Crippen molar-refractivity contribution >= 4 is 17.5 Å². The van der Waals surface area contributed by atoms with E-state index in [1.165, 1.54) is 23.1 Å². The zero-order chi connectivity index (χ0) is 21.8. The number of likely N-dealkylation sites (N-methyl/N-ethyl adjacent to an activating group) is 1. The molecule has 2 heterocycles. The SMILES string of the molecule is CCN1CCN(C(=O)c2ccccc2NC(=O)c2cc(F)ccc2-n2cnnn2)CC1. The molecule has 3 aromatic rings. The molecule has 1 fully saturated rings. The summed E-state index contributed by atoms with van der Waals surface area (Å²) in [7, 11) is 0. The molecule has 2 amide bonds. The van der Waals surface area contributed by atoms with Crippen LogP contribution in [0.3, 0.4) is 0 Å². The van der Waals surface area contributed by atoms with Crippen LogP contribution in [-0.4, -0.2) is 74.5 Å². The number of piperazine rings is 1. The zero-order valence-corrected chi connectivity index (χ0v) is 17.0. The van der Waals surface area contributed by atoms with E-state index < -0.39 is 11.7 Å². The molecule has 0 radical (unpaired) electrons. The molecule has 0 aliphatic carbocycles. The molecule has 9 nitrogen and oxygen atoms in total. The van der Waals surface area contributed by atoms with E-state index in [-0.39, 0.29) is 11.5 Å². The number of aromatic nitrogens is 4. The van der Waals surface area contributed by atoms with E-state index in [4.69, 9.17) is 0 Å². The van der Waals surface area contributed by atoms with Gasteiger partial charge in [-0.1, -0.05) is 19.1 Å². The van der Waals surface area contributed by atoms with Crippen LogP contribution >= 0.6 is 0 Å². The van der Waals surface area contributed by atoms with Gasteiger partial charge >= 0.3 is 0 Å². The van der Waals surface area contributed by atoms with Crippen LogP contribution < -0.4 is 5.32 Å². The van der Waals surface area contributed by atoms with Gasteiger partial charge in [-0.05, 0) is 47.3 Å². The lowest BCUT2D eigenvalue weighted by molar-refractivity contribution is 0.0644. The van der Waals surface area contributed by atoms with Crippen molar-refractivity contribution in [2.45, 2.75) is 6.92 Å². The fourth-order valence-corrected chi connectivity index (χ4v) is 3.57. The van der Waals surface area contributed by atoms with Crippen LogP contribution in [0.25, 0.3) is 5.69 Å². The van der Waals surface area contributed by atoms with Gasteiger partial charge in [0.25, 0.3) is 11.8 Å². The van der Waals surface area contributed by atoms with Crippen LogP contribution in [0, 0.1) is 5.82 Å². The van der Waals surface area contributed by atoms with E-state index in [1.807, 2.05) is 0 Å². The monoisotopic (exact) mass is 423 g/mol. The Bertz CT molecular complexity index is 1080. The van der Waals surface area contributed by atoms with Crippen LogP contribution in [-0.2, 0) is 0 Å². The highest BCUT2D eigenvalue weighted by Gasteiger charge is 2.24. The van der Waals surface area contributed by atoms with Gasteiger partial charge in [-0.25, -0.2) is 4.39 Å². The standard InChI is InChI=1S/C21H22FN7O2/c1-2-27-9-11-28(12-10-27)21(31)16-5-3-4-6-18(16)24-20(30)17-13-15(22)7-8-19(17)29-14-23-25-26-29/h3-8,13-14H,2,9-12H2,1H3,(H,24,30). The number of amides is 2. The average molecular weight is 423 g/mol. The number of anilines is 1. The van der Waals surface area contributed by atoms with E-state index in [9.17, 15) is 14.0 Å². The van der Waals surface area contributed by atoms with E-state index >= 15 is 0 Å². The van der Waals surface area contributed by atoms with Gasteiger partial charge in [-0.2, -0.15) is 4.68 Å². The van der Waals surface area contributed by atoms with Gasteiger partial charge in [-0.3, -0.25) is 9.59 Å². The highest BCUT2D eigenvalue weighted by atomic mass is 19.1. The number of nitrogens with zero attached hydrogens (tertiary/aromatic N) is 6. The third kappa shape index (κ3) is 4.43. The Labute approximate surface area is 178 Å². The van der Waals surface area contributed by atoms with Crippen LogP contribution in [0.15, 0.2) is 48.8 Å². The molecule has 0 unspecified atom stereocenters. The number of carbonyl (C=O) groups excluding carboxylic acids is 2. The van der Waals surface area contributed by atoms with Crippen LogP contribution in [0.2, 0.25) is 0 Å². The van der Waals surface area contributed by atoms with Crippen molar-refractivity contribution in [2.24, 2.45) is 0 Å². The number of halogens is 1. The second kappa shape index (κ2) is 9.00. The lowest BCUT2D eigenvalue weighted by Crippen LogP contribution is -2.48. The van der Waals surface area contributed by atoms with Gasteiger partial charge in [0.15, 0.2) is 0 Å². The van der Waals surface area contributed by atoms with Crippen molar-refractivity contribution < 1.29 is 14.0 Å². The number of carbonyl (C=O) groups is 2. The van der Waals surface area contributed by atoms with Gasteiger partial charge in [-0.15, -0.1) is 5.10 Å². The second-order valence-electron chi connectivity index (χ2n) is 7.14. The van der Waals surface area contributed by atoms with E-state index in [0.29, 0.717) is 30.0 Å². The maximum absolute atomic E-state index is 13.9. The molecule has 4 rings (SSSR count). The smallest absolute Gasteiger partial charge is 0.257 e. The van der Waals surface area contributed by atoms with Crippen molar-refractivity contribution in [3.63, 3.8) is 0 Å². The van der Waals surface area contributed by atoms with E-state index in [2.05, 4.69) is 32.7 Å². The number of para-hydroxylation sites is 1. The molecule has 0 spiro atoms. The molecule has 0 bridgehead atoms. The van der Waals surface area contributed by atoms with E-state index in [0.717, 1.165) is 25.7 Å². The van der Waals surface area contributed by atoms with Crippen LogP contribution in [0.4, 0.5) is 10.1 Å². The molecule has 2 aromatic carbocycles. The lowest BCUT2D eigenvalue weighted by atomic mass is 10.1. The van der Waals surface area contributed by atoms with Crippen molar-refractivity contribution in [3.05, 3.63) is 65.7 Å². The minimum Gasteiger partial charge on any atom is -0.336 e. The molecule has 1 aliphatic heterocycles. The number of rotatable bonds is 5. The second-order valence-corrected chi connectivity index (χ2v) is 7.14. The Morgan fingerprint density at radius 3 is 2.55 bits per heavy atom. The number of hydrogen-bond acceptors (Lipinski definition) is 6. The average Bonchev–Trinajstić information content (AvgIpc) is 3.34. The molecular formula is C21H22FN7O2. The highest BCUT2D eigenvalue weighted by molar-refractivity contribution is 6.10. The Balaban J connectivity index is 1.58. The summed E-state index contributed by atoms with van der Waals surface area (Å²) in [6.07, 6.45) is 1.32. The van der Waals surface area contributed by atoms with Gasteiger partial charge in [0.2, 0.25) is 0 Å². The molecule has 1 N–H and O–H groups in total. The van der Waals surface area contributed by atoms with Crippen molar-refractivity contribution in [2.75, 3.05) is 38.0 Å². The maximum atomic E-state index is 13.9. The lowest BCUT2D eigenvalue weighted by Gasteiger charge is -2.34. The fraction of sp³-hybridized carbons (Fsp3) is 0.286. The minimum absolute atomic E-state index is 0.0473. The minimum atomic E-state index is -0.569. The molecular weight excluding hydrogens is 401 g/mol. The molecule has 1 aromatic heterocycles. The van der Waals surface area contributed by atoms with Gasteiger partial charge in [0.05, 0.1) is 22.5 Å². The van der Waals surface area contributed by atoms with Gasteiger partial charge in [0, 0.05) is 26.2 Å². The maximum Gasteiger partial charge on any atom is 0.257 e. The number of nitrogens with one attached hydrogen (secondary N) is 1. The molecule has 1 saturated heterocycles. The first-order valence-corrected chi connectivity index (χ1v) is 10.0. The summed E-state index contributed by atoms with van der Waals surface area (Å²) in [4.78, 5) is 30.2. The van der Waals surface area contributed by atoms with E-state index in [1.54, 1.807) is 29.2 Å². The first-order chi connectivity index (χ1) is 15.1. The Morgan fingerprint density at radius 1 is 1.06 bits per heavy atom. The quantitative estimate of drug-likeness (QED) is 0.673. The molecule has 0 saturated carbocycles. The van der Waals surface area contributed by atoms with Crippen LogP contribution in [0.5, 0.6) is 0 Å². The molecule has 1 aliphatic rings. The Hall–Kier alpha value is -3.66. The fourth-order valence-electron chi connectivity index (χ4n) is 3.57. The molecule has 10 heteroatoms. The molecule has 31 heavy (non-hydrogen) atoms. The van der Waals surface area contributed by atoms with Crippen molar-refractivity contribution in [1.82, 2.24) is 30.0 Å². The van der Waals surface area contributed by atoms with Crippen LogP contribution in [0.1, 0.15) is 27.6 Å². The predicted molar refractivity (Wildman–Crippen MR) is 112 cm³/mol. The predicted octanol–water partition coefficient (Wildman–Crippen LogP) is 1.83. The van der Waals surface area contributed by atoms with Crippen molar-refractivity contribution in [1.29, 1.82) is 0 Å². The normalized spacial score (nSPS) is 14.5. The first-order valence-electron chi connectivity index (χ1n) is 10.0. The zero-order valence-electron chi connectivity index (χ0n) is 17.0. The summed E-state index contributed by atoms with van der Waals surface area (Å²) in [5, 5.41) is 13.6. The third-order valence-corrected chi connectivity index (χ3v) is 5.31. The van der Waals surface area contributed by atoms with Crippen molar-refractivity contribution in [3.8, 4) is 5.69 Å². The Morgan fingerprint density at radius 2 is 1.84 bits per heavy atom. The molecule has 160 valence electrons. The summed E-state index contributed by atoms with van der Waals surface area (Å²) >= 11 is 0. The van der Waals surface area contributed by atoms with Gasteiger partial charge in [0.1, 0.15) is 12.1 Å². The summed E-state index contributed by atoms with van der Waals surface area (Å²) in [6, 6.07) is 10.6. The number of hydrogen-bond donors (Lipinski definition) is 1. The Kier molecular flexibility index (Phi) is 5.99. The number of benzene rings is 2. The summed E-state index contributed by atoms with van der Waals surface area (Å²) in [5.74, 6) is -1.28.